The van der Waals surface area contributed by atoms with Gasteiger partial charge in [-0.1, -0.05) is 77.8 Å². The largest absolute Gasteiger partial charge is 0.488 e. The maximum absolute atomic E-state index is 12.9. The van der Waals surface area contributed by atoms with E-state index in [1.54, 1.807) is 30.3 Å². The average Bonchev–Trinajstić information content (AvgIpc) is 3.03. The van der Waals surface area contributed by atoms with Gasteiger partial charge in [0.05, 0.1) is 11.4 Å². The molecule has 0 bridgehead atoms. The third-order valence-electron chi connectivity index (χ3n) is 4.71. The van der Waals surface area contributed by atoms with E-state index in [1.165, 1.54) is 4.90 Å². The summed E-state index contributed by atoms with van der Waals surface area (Å²) in [7, 11) is 0. The fourth-order valence-corrected chi connectivity index (χ4v) is 4.29. The van der Waals surface area contributed by atoms with E-state index in [1.807, 2.05) is 48.5 Å². The number of halogens is 2. The van der Waals surface area contributed by atoms with Gasteiger partial charge in [0.1, 0.15) is 12.4 Å². The Labute approximate surface area is 194 Å². The van der Waals surface area contributed by atoms with Crippen LogP contribution in [0, 0.1) is 0 Å². The van der Waals surface area contributed by atoms with E-state index in [0.717, 1.165) is 22.9 Å². The van der Waals surface area contributed by atoms with Gasteiger partial charge in [-0.3, -0.25) is 14.5 Å². The molecule has 0 spiro atoms. The molecule has 0 radical (unpaired) electrons. The Hall–Kier alpha value is -2.73. The number of thioether (sulfide) groups is 1. The first-order valence-electron chi connectivity index (χ1n) is 9.47. The lowest BCUT2D eigenvalue weighted by Gasteiger charge is -2.13. The maximum atomic E-state index is 12.9. The second-order valence-corrected chi connectivity index (χ2v) is 8.58. The van der Waals surface area contributed by atoms with Crippen LogP contribution in [0.15, 0.2) is 77.7 Å². The number of para-hydroxylation sites is 1. The number of amides is 2. The van der Waals surface area contributed by atoms with Crippen molar-refractivity contribution in [1.82, 2.24) is 4.90 Å². The number of carbonyl (C=O) groups is 2. The minimum atomic E-state index is -0.351. The topological polar surface area (TPSA) is 46.6 Å². The van der Waals surface area contributed by atoms with Crippen LogP contribution in [0.4, 0.5) is 4.79 Å². The van der Waals surface area contributed by atoms with Crippen molar-refractivity contribution < 1.29 is 14.3 Å². The quantitative estimate of drug-likeness (QED) is 0.372. The third-order valence-corrected chi connectivity index (χ3v) is 6.35. The van der Waals surface area contributed by atoms with Crippen molar-refractivity contribution in [3.63, 3.8) is 0 Å². The van der Waals surface area contributed by atoms with Gasteiger partial charge in [0, 0.05) is 21.2 Å². The summed E-state index contributed by atoms with van der Waals surface area (Å²) in [6.07, 6.45) is 1.68. The molecule has 0 N–H and O–H groups in total. The summed E-state index contributed by atoms with van der Waals surface area (Å²) in [5.41, 5.74) is 2.29. The number of ether oxygens (including phenoxy) is 1. The fourth-order valence-electron chi connectivity index (χ4n) is 3.08. The van der Waals surface area contributed by atoms with Crippen molar-refractivity contribution in [3.05, 3.63) is 104 Å². The second kappa shape index (κ2) is 9.60. The second-order valence-electron chi connectivity index (χ2n) is 6.78. The first-order valence-corrected chi connectivity index (χ1v) is 11.0. The molecule has 0 aromatic heterocycles. The molecule has 0 unspecified atom stereocenters. The lowest BCUT2D eigenvalue weighted by molar-refractivity contribution is -0.123. The third kappa shape index (κ3) is 4.96. The van der Waals surface area contributed by atoms with Crippen LogP contribution in [0.1, 0.15) is 16.7 Å². The highest BCUT2D eigenvalue weighted by Gasteiger charge is 2.35. The average molecular weight is 470 g/mol. The highest BCUT2D eigenvalue weighted by molar-refractivity contribution is 8.18. The molecule has 1 aliphatic heterocycles. The zero-order valence-corrected chi connectivity index (χ0v) is 18.6. The molecule has 3 aromatic carbocycles. The smallest absolute Gasteiger partial charge is 0.293 e. The molecule has 0 saturated carbocycles. The monoisotopic (exact) mass is 469 g/mol. The highest BCUT2D eigenvalue weighted by atomic mass is 35.5. The van der Waals surface area contributed by atoms with E-state index in [0.29, 0.717) is 32.9 Å². The fraction of sp³-hybridized carbons (Fsp3) is 0.0833. The summed E-state index contributed by atoms with van der Waals surface area (Å²) in [4.78, 5) is 26.9. The standard InChI is InChI=1S/C24H17Cl2NO3S/c25-19-10-4-1-8-17(19)14-27-23(28)22(31-24(27)29)13-16-7-3-6-12-21(16)30-15-18-9-2-5-11-20(18)26/h1-13H,14-15H2/b22-13-. The zero-order valence-electron chi connectivity index (χ0n) is 16.3. The number of benzene rings is 3. The first kappa shape index (κ1) is 21.5. The maximum Gasteiger partial charge on any atom is 0.293 e. The summed E-state index contributed by atoms with van der Waals surface area (Å²) in [6, 6.07) is 22.0. The Morgan fingerprint density at radius 3 is 2.16 bits per heavy atom. The van der Waals surface area contributed by atoms with E-state index >= 15 is 0 Å². The van der Waals surface area contributed by atoms with Crippen LogP contribution in [-0.4, -0.2) is 16.0 Å². The number of hydrogen-bond acceptors (Lipinski definition) is 4. The van der Waals surface area contributed by atoms with Gasteiger partial charge in [0.2, 0.25) is 0 Å². The van der Waals surface area contributed by atoms with Gasteiger partial charge in [-0.05, 0) is 41.6 Å². The van der Waals surface area contributed by atoms with Crippen molar-refractivity contribution in [2.75, 3.05) is 0 Å². The molecule has 1 aliphatic rings. The van der Waals surface area contributed by atoms with Crippen molar-refractivity contribution in [2.24, 2.45) is 0 Å². The summed E-state index contributed by atoms with van der Waals surface area (Å²) in [5, 5.41) is 0.815. The molecule has 1 heterocycles. The molecule has 4 nitrogen and oxygen atoms in total. The molecule has 2 amide bonds. The van der Waals surface area contributed by atoms with E-state index in [4.69, 9.17) is 27.9 Å². The summed E-state index contributed by atoms with van der Waals surface area (Å²) >= 11 is 13.3. The van der Waals surface area contributed by atoms with Crippen molar-refractivity contribution in [2.45, 2.75) is 13.2 Å². The Balaban J connectivity index is 1.54. The highest BCUT2D eigenvalue weighted by Crippen LogP contribution is 2.35. The lowest BCUT2D eigenvalue weighted by Crippen LogP contribution is -2.27. The number of nitrogens with zero attached hydrogens (tertiary/aromatic N) is 1. The Bertz CT molecular complexity index is 1180. The summed E-state index contributed by atoms with van der Waals surface area (Å²) in [5.74, 6) is 0.246. The molecule has 7 heteroatoms. The predicted molar refractivity (Wildman–Crippen MR) is 125 cm³/mol. The number of carbonyl (C=O) groups excluding carboxylic acids is 2. The number of imide groups is 1. The molecule has 31 heavy (non-hydrogen) atoms. The van der Waals surface area contributed by atoms with Crippen molar-refractivity contribution in [1.29, 1.82) is 0 Å². The predicted octanol–water partition coefficient (Wildman–Crippen LogP) is 6.81. The van der Waals surface area contributed by atoms with Crippen molar-refractivity contribution in [3.8, 4) is 5.75 Å². The van der Waals surface area contributed by atoms with Gasteiger partial charge < -0.3 is 4.74 Å². The van der Waals surface area contributed by atoms with E-state index in [-0.39, 0.29) is 17.7 Å². The molecule has 156 valence electrons. The Morgan fingerprint density at radius 2 is 1.45 bits per heavy atom. The molecule has 1 saturated heterocycles. The number of hydrogen-bond donors (Lipinski definition) is 0. The molecule has 3 aromatic rings. The van der Waals surface area contributed by atoms with Crippen LogP contribution in [-0.2, 0) is 17.9 Å². The van der Waals surface area contributed by atoms with Crippen LogP contribution < -0.4 is 4.74 Å². The number of rotatable bonds is 6. The molecule has 0 atom stereocenters. The Morgan fingerprint density at radius 1 is 0.839 bits per heavy atom. The molecular formula is C24H17Cl2NO3S. The van der Waals surface area contributed by atoms with Gasteiger partial charge in [-0.25, -0.2) is 0 Å². The van der Waals surface area contributed by atoms with Gasteiger partial charge in [-0.15, -0.1) is 0 Å². The van der Waals surface area contributed by atoms with Crippen LogP contribution in [0.5, 0.6) is 5.75 Å². The van der Waals surface area contributed by atoms with Crippen molar-refractivity contribution >= 4 is 52.2 Å². The van der Waals surface area contributed by atoms with Gasteiger partial charge >= 0.3 is 0 Å². The summed E-state index contributed by atoms with van der Waals surface area (Å²) in [6.45, 7) is 0.421. The normalized spacial score (nSPS) is 15.0. The minimum absolute atomic E-state index is 0.131. The van der Waals surface area contributed by atoms with Gasteiger partial charge in [-0.2, -0.15) is 0 Å². The SMILES string of the molecule is O=C1S/C(=C\c2ccccc2OCc2ccccc2Cl)C(=O)N1Cc1ccccc1Cl. The molecule has 1 fully saturated rings. The van der Waals surface area contributed by atoms with Crippen LogP contribution in [0.25, 0.3) is 6.08 Å². The van der Waals surface area contributed by atoms with E-state index < -0.39 is 0 Å². The Kier molecular flexibility index (Phi) is 6.66. The minimum Gasteiger partial charge on any atom is -0.488 e. The first-order chi connectivity index (χ1) is 15.0. The molecular weight excluding hydrogens is 453 g/mol. The summed E-state index contributed by atoms with van der Waals surface area (Å²) < 4.78 is 5.95. The molecule has 4 rings (SSSR count). The van der Waals surface area contributed by atoms with E-state index in [9.17, 15) is 9.59 Å². The van der Waals surface area contributed by atoms with E-state index in [2.05, 4.69) is 0 Å². The molecule has 0 aliphatic carbocycles. The van der Waals surface area contributed by atoms with Crippen LogP contribution in [0.2, 0.25) is 10.0 Å². The zero-order chi connectivity index (χ0) is 21.8. The van der Waals surface area contributed by atoms with Crippen LogP contribution >= 0.6 is 35.0 Å². The van der Waals surface area contributed by atoms with Crippen LogP contribution in [0.3, 0.4) is 0 Å². The van der Waals surface area contributed by atoms with Gasteiger partial charge in [0.25, 0.3) is 11.1 Å². The van der Waals surface area contributed by atoms with Gasteiger partial charge in [0.15, 0.2) is 0 Å². The lowest BCUT2D eigenvalue weighted by atomic mass is 10.1.